The molecule has 3 aromatic rings. The fourth-order valence-electron chi connectivity index (χ4n) is 4.64. The summed E-state index contributed by atoms with van der Waals surface area (Å²) >= 11 is 0. The first kappa shape index (κ1) is 17.5. The van der Waals surface area contributed by atoms with Crippen LogP contribution >= 0.6 is 0 Å². The Balaban J connectivity index is 1.41. The maximum atomic E-state index is 6.43. The van der Waals surface area contributed by atoms with E-state index >= 15 is 0 Å². The lowest BCUT2D eigenvalue weighted by Crippen LogP contribution is -2.47. The molecule has 1 aromatic carbocycles. The van der Waals surface area contributed by atoms with Gasteiger partial charge < -0.3 is 19.5 Å². The van der Waals surface area contributed by atoms with Crippen LogP contribution < -0.4 is 9.80 Å². The Hall–Kier alpha value is -2.60. The molecule has 2 aromatic heterocycles. The van der Waals surface area contributed by atoms with E-state index in [9.17, 15) is 0 Å². The van der Waals surface area contributed by atoms with Gasteiger partial charge >= 0.3 is 0 Å². The second-order valence-electron chi connectivity index (χ2n) is 7.85. The second-order valence-corrected chi connectivity index (χ2v) is 7.85. The third-order valence-electron chi connectivity index (χ3n) is 6.40. The number of nitrogens with one attached hydrogen (secondary N) is 1. The van der Waals surface area contributed by atoms with Gasteiger partial charge in [-0.05, 0) is 37.8 Å². The van der Waals surface area contributed by atoms with Gasteiger partial charge in [-0.25, -0.2) is 9.97 Å². The van der Waals surface area contributed by atoms with Crippen LogP contribution in [0.2, 0.25) is 0 Å². The van der Waals surface area contributed by atoms with E-state index in [1.54, 1.807) is 6.33 Å². The van der Waals surface area contributed by atoms with Crippen LogP contribution in [-0.2, 0) is 16.8 Å². The summed E-state index contributed by atoms with van der Waals surface area (Å²) in [6.07, 6.45) is 4.60. The number of aromatic amines is 1. The van der Waals surface area contributed by atoms with E-state index in [1.165, 1.54) is 22.2 Å². The van der Waals surface area contributed by atoms with Gasteiger partial charge in [-0.1, -0.05) is 18.2 Å². The monoisotopic (exact) mass is 377 g/mol. The van der Waals surface area contributed by atoms with Crippen molar-refractivity contribution in [1.82, 2.24) is 15.0 Å². The fraction of sp³-hybridized carbons (Fsp3) is 0.455. The molecule has 1 fully saturated rings. The van der Waals surface area contributed by atoms with Crippen LogP contribution in [0, 0.1) is 0 Å². The summed E-state index contributed by atoms with van der Waals surface area (Å²) in [7, 11) is 2.06. The van der Waals surface area contributed by atoms with Crippen LogP contribution in [-0.4, -0.2) is 48.2 Å². The predicted molar refractivity (Wildman–Crippen MR) is 112 cm³/mol. The Kier molecular flexibility index (Phi) is 4.23. The van der Waals surface area contributed by atoms with Crippen molar-refractivity contribution in [3.05, 3.63) is 47.9 Å². The van der Waals surface area contributed by atoms with E-state index < -0.39 is 0 Å². The second kappa shape index (κ2) is 6.78. The highest BCUT2D eigenvalue weighted by atomic mass is 16.5. The quantitative estimate of drug-likeness (QED) is 0.757. The molecule has 2 aliphatic rings. The topological polar surface area (TPSA) is 57.3 Å². The fourth-order valence-corrected chi connectivity index (χ4v) is 4.64. The molecule has 6 heteroatoms. The number of aromatic nitrogens is 3. The zero-order valence-electron chi connectivity index (χ0n) is 16.6. The molecule has 0 bridgehead atoms. The van der Waals surface area contributed by atoms with Crippen LogP contribution in [0.25, 0.3) is 10.9 Å². The normalized spacial score (nSPS) is 18.4. The van der Waals surface area contributed by atoms with Gasteiger partial charge in [0.1, 0.15) is 23.6 Å². The lowest BCUT2D eigenvalue weighted by molar-refractivity contribution is -0.0791. The van der Waals surface area contributed by atoms with Crippen LogP contribution in [0.3, 0.4) is 0 Å². The standard InChI is InChI=1S/C22H27N5O/c1-3-26(2)19-14-20(24-15-23-19)27-11-9-22(10-12-27)21-17(8-13-28-22)16-6-4-5-7-18(16)25-21/h4-7,14-15,25H,3,8-13H2,1-2H3. The summed E-state index contributed by atoms with van der Waals surface area (Å²) in [5.41, 5.74) is 3.78. The van der Waals surface area contributed by atoms with Gasteiger partial charge in [0.25, 0.3) is 0 Å². The van der Waals surface area contributed by atoms with Gasteiger partial charge in [-0.3, -0.25) is 0 Å². The molecular weight excluding hydrogens is 350 g/mol. The number of nitrogens with zero attached hydrogens (tertiary/aromatic N) is 4. The van der Waals surface area contributed by atoms with Crippen molar-refractivity contribution in [1.29, 1.82) is 0 Å². The van der Waals surface area contributed by atoms with Gasteiger partial charge in [0.05, 0.1) is 12.3 Å². The van der Waals surface area contributed by atoms with Crippen molar-refractivity contribution < 1.29 is 4.74 Å². The molecule has 0 aliphatic carbocycles. The number of rotatable bonds is 3. The molecule has 5 rings (SSSR count). The Morgan fingerprint density at radius 1 is 1.21 bits per heavy atom. The van der Waals surface area contributed by atoms with E-state index in [4.69, 9.17) is 4.74 Å². The predicted octanol–water partition coefficient (Wildman–Crippen LogP) is 3.48. The molecule has 0 amide bonds. The first-order valence-corrected chi connectivity index (χ1v) is 10.2. The number of ether oxygens (including phenoxy) is 1. The summed E-state index contributed by atoms with van der Waals surface area (Å²) in [6.45, 7) is 5.72. The molecule has 0 atom stereocenters. The van der Waals surface area contributed by atoms with E-state index in [0.29, 0.717) is 0 Å². The minimum Gasteiger partial charge on any atom is -0.368 e. The number of fused-ring (bicyclic) bond motifs is 4. The highest BCUT2D eigenvalue weighted by molar-refractivity contribution is 5.85. The number of H-pyrrole nitrogens is 1. The smallest absolute Gasteiger partial charge is 0.134 e. The molecule has 1 N–H and O–H groups in total. The van der Waals surface area contributed by atoms with Gasteiger partial charge in [0.15, 0.2) is 0 Å². The first-order chi connectivity index (χ1) is 13.7. The largest absolute Gasteiger partial charge is 0.368 e. The molecule has 146 valence electrons. The van der Waals surface area contributed by atoms with Crippen LogP contribution in [0.15, 0.2) is 36.7 Å². The minimum atomic E-state index is -0.195. The van der Waals surface area contributed by atoms with E-state index in [1.807, 2.05) is 0 Å². The third kappa shape index (κ3) is 2.75. The molecule has 28 heavy (non-hydrogen) atoms. The number of anilines is 2. The number of benzene rings is 1. The number of para-hydroxylation sites is 1. The average Bonchev–Trinajstić information content (AvgIpc) is 3.14. The van der Waals surface area contributed by atoms with Crippen LogP contribution in [0.1, 0.15) is 31.0 Å². The van der Waals surface area contributed by atoms with Crippen molar-refractivity contribution in [2.24, 2.45) is 0 Å². The summed E-state index contributed by atoms with van der Waals surface area (Å²) in [4.78, 5) is 17.1. The Morgan fingerprint density at radius 2 is 2.04 bits per heavy atom. The van der Waals surface area contributed by atoms with Crippen molar-refractivity contribution in [3.63, 3.8) is 0 Å². The number of hydrogen-bond acceptors (Lipinski definition) is 5. The third-order valence-corrected chi connectivity index (χ3v) is 6.40. The van der Waals surface area contributed by atoms with Gasteiger partial charge in [0, 0.05) is 43.7 Å². The van der Waals surface area contributed by atoms with E-state index in [-0.39, 0.29) is 5.60 Å². The van der Waals surface area contributed by atoms with Crippen LogP contribution in [0.5, 0.6) is 0 Å². The lowest BCUT2D eigenvalue weighted by Gasteiger charge is -2.44. The van der Waals surface area contributed by atoms with E-state index in [2.05, 4.69) is 69.1 Å². The summed E-state index contributed by atoms with van der Waals surface area (Å²) < 4.78 is 6.43. The van der Waals surface area contributed by atoms with Gasteiger partial charge in [-0.15, -0.1) is 0 Å². The maximum absolute atomic E-state index is 6.43. The molecule has 2 aliphatic heterocycles. The molecule has 0 saturated carbocycles. The first-order valence-electron chi connectivity index (χ1n) is 10.2. The van der Waals surface area contributed by atoms with Gasteiger partial charge in [-0.2, -0.15) is 0 Å². The molecule has 1 saturated heterocycles. The van der Waals surface area contributed by atoms with Crippen molar-refractivity contribution in [3.8, 4) is 0 Å². The van der Waals surface area contributed by atoms with Crippen molar-refractivity contribution in [2.75, 3.05) is 43.1 Å². The Bertz CT molecular complexity index is 990. The highest BCUT2D eigenvalue weighted by Gasteiger charge is 2.43. The number of hydrogen-bond donors (Lipinski definition) is 1. The Morgan fingerprint density at radius 3 is 2.86 bits per heavy atom. The summed E-state index contributed by atoms with van der Waals surface area (Å²) in [5.74, 6) is 1.98. The molecule has 4 heterocycles. The molecular formula is C22H27N5O. The minimum absolute atomic E-state index is 0.195. The number of piperidine rings is 1. The summed E-state index contributed by atoms with van der Waals surface area (Å²) in [6, 6.07) is 10.7. The zero-order valence-corrected chi connectivity index (χ0v) is 16.6. The SMILES string of the molecule is CCN(C)c1cc(N2CCC3(CC2)OCCc2c3[nH]c3ccccc23)ncn1. The van der Waals surface area contributed by atoms with Crippen molar-refractivity contribution >= 4 is 22.5 Å². The lowest BCUT2D eigenvalue weighted by atomic mass is 9.83. The molecule has 0 unspecified atom stereocenters. The molecule has 1 spiro atoms. The average molecular weight is 377 g/mol. The molecule has 0 radical (unpaired) electrons. The van der Waals surface area contributed by atoms with Crippen LogP contribution in [0.4, 0.5) is 11.6 Å². The highest BCUT2D eigenvalue weighted by Crippen LogP contribution is 2.43. The van der Waals surface area contributed by atoms with Gasteiger partial charge in [0.2, 0.25) is 0 Å². The summed E-state index contributed by atoms with van der Waals surface area (Å²) in [5, 5.41) is 1.35. The van der Waals surface area contributed by atoms with E-state index in [0.717, 1.165) is 57.1 Å². The zero-order chi connectivity index (χ0) is 19.1. The Labute approximate surface area is 165 Å². The van der Waals surface area contributed by atoms with Crippen molar-refractivity contribution in [2.45, 2.75) is 31.8 Å². The maximum Gasteiger partial charge on any atom is 0.134 e. The molecule has 6 nitrogen and oxygen atoms in total.